The van der Waals surface area contributed by atoms with Gasteiger partial charge in [0.2, 0.25) is 5.91 Å². The second-order valence-electron chi connectivity index (χ2n) is 5.38. The molecule has 116 valence electrons. The lowest BCUT2D eigenvalue weighted by molar-refractivity contribution is -0.119. The van der Waals surface area contributed by atoms with Gasteiger partial charge in [-0.1, -0.05) is 26.0 Å². The van der Waals surface area contributed by atoms with Crippen LogP contribution >= 0.6 is 0 Å². The Morgan fingerprint density at radius 3 is 2.48 bits per heavy atom. The smallest absolute Gasteiger partial charge is 0.231 e. The van der Waals surface area contributed by atoms with Gasteiger partial charge < -0.3 is 10.5 Å². The van der Waals surface area contributed by atoms with Crippen LogP contribution in [0.2, 0.25) is 0 Å². The number of ether oxygens (including phenoxy) is 1. The van der Waals surface area contributed by atoms with Crippen molar-refractivity contribution in [2.75, 3.05) is 26.2 Å². The number of para-hydroxylation sites is 1. The molecule has 5 heteroatoms. The Bertz CT molecular complexity index is 486. The minimum Gasteiger partial charge on any atom is -0.493 e. The summed E-state index contributed by atoms with van der Waals surface area (Å²) in [6, 6.07) is 7.15. The van der Waals surface area contributed by atoms with Gasteiger partial charge in [-0.15, -0.1) is 0 Å². The van der Waals surface area contributed by atoms with Gasteiger partial charge in [0.1, 0.15) is 5.75 Å². The van der Waals surface area contributed by atoms with Gasteiger partial charge >= 0.3 is 0 Å². The third-order valence-electron chi connectivity index (χ3n) is 2.86. The summed E-state index contributed by atoms with van der Waals surface area (Å²) in [6.45, 7) is 7.33. The summed E-state index contributed by atoms with van der Waals surface area (Å²) in [5, 5.41) is 0. The van der Waals surface area contributed by atoms with Gasteiger partial charge in [0.15, 0.2) is 5.78 Å². The van der Waals surface area contributed by atoms with Crippen molar-refractivity contribution in [3.63, 3.8) is 0 Å². The third-order valence-corrected chi connectivity index (χ3v) is 2.86. The largest absolute Gasteiger partial charge is 0.493 e. The van der Waals surface area contributed by atoms with Crippen LogP contribution in [0.25, 0.3) is 0 Å². The van der Waals surface area contributed by atoms with Crippen LogP contribution in [0, 0.1) is 5.92 Å². The molecule has 0 heterocycles. The van der Waals surface area contributed by atoms with Gasteiger partial charge in [-0.05, 0) is 25.0 Å². The molecular formula is C16H24N2O3. The lowest BCUT2D eigenvalue weighted by Crippen LogP contribution is -2.39. The van der Waals surface area contributed by atoms with E-state index in [0.717, 1.165) is 0 Å². The first kappa shape index (κ1) is 17.2. The summed E-state index contributed by atoms with van der Waals surface area (Å²) in [5.74, 6) is 0.426. The van der Waals surface area contributed by atoms with Crippen molar-refractivity contribution in [1.29, 1.82) is 0 Å². The molecule has 1 rings (SSSR count). The van der Waals surface area contributed by atoms with E-state index in [4.69, 9.17) is 10.5 Å². The van der Waals surface area contributed by atoms with Crippen LogP contribution in [0.15, 0.2) is 24.3 Å². The number of nitrogens with zero attached hydrogens (tertiary/aromatic N) is 1. The van der Waals surface area contributed by atoms with Gasteiger partial charge in [0.05, 0.1) is 25.3 Å². The number of hydrogen-bond acceptors (Lipinski definition) is 4. The molecule has 1 aromatic rings. The molecule has 0 bridgehead atoms. The molecule has 0 aromatic heterocycles. The molecule has 0 unspecified atom stereocenters. The number of nitrogens with two attached hydrogens (primary N) is 1. The van der Waals surface area contributed by atoms with E-state index in [9.17, 15) is 9.59 Å². The van der Waals surface area contributed by atoms with Crippen LogP contribution in [-0.4, -0.2) is 42.8 Å². The SMILES string of the molecule is CCOc1ccccc1C(=O)CN(CC(N)=O)CC(C)C. The van der Waals surface area contributed by atoms with E-state index in [-0.39, 0.29) is 18.9 Å². The molecule has 0 fully saturated rings. The molecule has 1 aromatic carbocycles. The summed E-state index contributed by atoms with van der Waals surface area (Å²) in [6.07, 6.45) is 0. The van der Waals surface area contributed by atoms with E-state index >= 15 is 0 Å². The van der Waals surface area contributed by atoms with Crippen LogP contribution in [0.4, 0.5) is 0 Å². The Hall–Kier alpha value is -1.88. The van der Waals surface area contributed by atoms with Crippen LogP contribution in [0.1, 0.15) is 31.1 Å². The average molecular weight is 292 g/mol. The van der Waals surface area contributed by atoms with Crippen molar-refractivity contribution in [3.8, 4) is 5.75 Å². The zero-order chi connectivity index (χ0) is 15.8. The highest BCUT2D eigenvalue weighted by Crippen LogP contribution is 2.19. The zero-order valence-electron chi connectivity index (χ0n) is 13.0. The topological polar surface area (TPSA) is 72.6 Å². The second kappa shape index (κ2) is 8.42. The monoisotopic (exact) mass is 292 g/mol. The summed E-state index contributed by atoms with van der Waals surface area (Å²) in [7, 11) is 0. The Balaban J connectivity index is 2.83. The maximum atomic E-state index is 12.4. The predicted octanol–water partition coefficient (Wildman–Crippen LogP) is 1.71. The number of amides is 1. The van der Waals surface area contributed by atoms with Crippen molar-refractivity contribution in [2.45, 2.75) is 20.8 Å². The molecule has 21 heavy (non-hydrogen) atoms. The standard InChI is InChI=1S/C16H24N2O3/c1-4-21-15-8-6-5-7-13(15)14(19)10-18(9-12(2)3)11-16(17)20/h5-8,12H,4,9-11H2,1-3H3,(H2,17,20). The molecule has 2 N–H and O–H groups in total. The minimum atomic E-state index is -0.429. The maximum absolute atomic E-state index is 12.4. The highest BCUT2D eigenvalue weighted by atomic mass is 16.5. The average Bonchev–Trinajstić information content (AvgIpc) is 2.38. The van der Waals surface area contributed by atoms with Crippen LogP contribution in [0.3, 0.4) is 0 Å². The summed E-state index contributed by atoms with van der Waals surface area (Å²) in [4.78, 5) is 25.3. The van der Waals surface area contributed by atoms with Gasteiger partial charge in [-0.25, -0.2) is 0 Å². The molecule has 0 saturated carbocycles. The maximum Gasteiger partial charge on any atom is 0.231 e. The molecule has 0 radical (unpaired) electrons. The number of primary amides is 1. The van der Waals surface area contributed by atoms with Crippen LogP contribution in [-0.2, 0) is 4.79 Å². The minimum absolute atomic E-state index is 0.0686. The zero-order valence-corrected chi connectivity index (χ0v) is 13.0. The highest BCUT2D eigenvalue weighted by Gasteiger charge is 2.18. The van der Waals surface area contributed by atoms with Gasteiger partial charge in [0, 0.05) is 6.54 Å². The second-order valence-corrected chi connectivity index (χ2v) is 5.38. The van der Waals surface area contributed by atoms with Crippen LogP contribution in [0.5, 0.6) is 5.75 Å². The Kier molecular flexibility index (Phi) is 6.88. The fourth-order valence-electron chi connectivity index (χ4n) is 2.19. The van der Waals surface area contributed by atoms with Crippen molar-refractivity contribution >= 4 is 11.7 Å². The number of hydrogen-bond donors (Lipinski definition) is 1. The van der Waals surface area contributed by atoms with Crippen molar-refractivity contribution in [3.05, 3.63) is 29.8 Å². The molecule has 0 saturated heterocycles. The van der Waals surface area contributed by atoms with Crippen LogP contribution < -0.4 is 10.5 Å². The van der Waals surface area contributed by atoms with E-state index < -0.39 is 5.91 Å². The van der Waals surface area contributed by atoms with E-state index in [1.54, 1.807) is 23.1 Å². The fraction of sp³-hybridized carbons (Fsp3) is 0.500. The predicted molar refractivity (Wildman–Crippen MR) is 82.4 cm³/mol. The lowest BCUT2D eigenvalue weighted by atomic mass is 10.1. The van der Waals surface area contributed by atoms with Gasteiger partial charge in [-0.2, -0.15) is 0 Å². The molecule has 0 atom stereocenters. The van der Waals surface area contributed by atoms with Crippen molar-refractivity contribution in [1.82, 2.24) is 4.90 Å². The molecule has 0 spiro atoms. The molecule has 0 aliphatic rings. The van der Waals surface area contributed by atoms with Crippen molar-refractivity contribution < 1.29 is 14.3 Å². The number of Topliss-reactive ketones (excluding diaryl/α,β-unsaturated/α-hetero) is 1. The summed E-state index contributed by atoms with van der Waals surface area (Å²) in [5.41, 5.74) is 5.78. The molecule has 0 aliphatic heterocycles. The van der Waals surface area contributed by atoms with Gasteiger partial charge in [-0.3, -0.25) is 14.5 Å². The number of ketones is 1. The van der Waals surface area contributed by atoms with Crippen molar-refractivity contribution in [2.24, 2.45) is 11.7 Å². The number of benzene rings is 1. The summed E-state index contributed by atoms with van der Waals surface area (Å²) < 4.78 is 5.47. The third kappa shape index (κ3) is 5.95. The highest BCUT2D eigenvalue weighted by molar-refractivity contribution is 6.00. The normalized spacial score (nSPS) is 10.9. The first-order chi connectivity index (χ1) is 9.93. The number of carbonyl (C=O) groups excluding carboxylic acids is 2. The van der Waals surface area contributed by atoms with E-state index in [1.165, 1.54) is 0 Å². The van der Waals surface area contributed by atoms with E-state index in [1.807, 2.05) is 26.8 Å². The molecule has 0 aliphatic carbocycles. The molecule has 5 nitrogen and oxygen atoms in total. The Morgan fingerprint density at radius 2 is 1.90 bits per heavy atom. The summed E-state index contributed by atoms with van der Waals surface area (Å²) >= 11 is 0. The number of rotatable bonds is 9. The first-order valence-corrected chi connectivity index (χ1v) is 7.19. The lowest BCUT2D eigenvalue weighted by Gasteiger charge is -2.22. The number of carbonyl (C=O) groups is 2. The van der Waals surface area contributed by atoms with Gasteiger partial charge in [0.25, 0.3) is 0 Å². The first-order valence-electron chi connectivity index (χ1n) is 7.19. The molecule has 1 amide bonds. The Labute approximate surface area is 126 Å². The Morgan fingerprint density at radius 1 is 1.24 bits per heavy atom. The van der Waals surface area contributed by atoms with E-state index in [0.29, 0.717) is 30.4 Å². The fourth-order valence-corrected chi connectivity index (χ4v) is 2.19. The van der Waals surface area contributed by atoms with E-state index in [2.05, 4.69) is 0 Å². The quantitative estimate of drug-likeness (QED) is 0.703. The molecular weight excluding hydrogens is 268 g/mol.